The van der Waals surface area contributed by atoms with Gasteiger partial charge in [0, 0.05) is 30.0 Å². The number of nitrogens with one attached hydrogen (secondary N) is 2. The standard InChI is InChI=1S/C20H21ClN2O4S/c1-26-7-8-27-15-4-2-3-13(9-15)12-22-19(24)11-18-20(25)23-16-10-14(21)5-6-17(16)28-18/h2-6,9-10,18H,7-8,11-12H2,1H3,(H,22,24)(H,23,25). The molecule has 0 radical (unpaired) electrons. The number of methoxy groups -OCH3 is 1. The zero-order valence-corrected chi connectivity index (χ0v) is 16.9. The first-order chi connectivity index (χ1) is 13.5. The van der Waals surface area contributed by atoms with Crippen molar-refractivity contribution >= 4 is 40.9 Å². The maximum atomic E-state index is 12.3. The summed E-state index contributed by atoms with van der Waals surface area (Å²) in [5.74, 6) is 0.348. The zero-order valence-electron chi connectivity index (χ0n) is 15.4. The number of amides is 2. The Morgan fingerprint density at radius 2 is 2.11 bits per heavy atom. The van der Waals surface area contributed by atoms with Crippen molar-refractivity contribution in [2.24, 2.45) is 0 Å². The van der Waals surface area contributed by atoms with Crippen LogP contribution in [0, 0.1) is 0 Å². The molecule has 0 spiro atoms. The van der Waals surface area contributed by atoms with Crippen molar-refractivity contribution in [1.29, 1.82) is 0 Å². The van der Waals surface area contributed by atoms with E-state index in [1.165, 1.54) is 11.8 Å². The third-order valence-corrected chi connectivity index (χ3v) is 5.59. The van der Waals surface area contributed by atoms with Crippen LogP contribution in [0.5, 0.6) is 5.75 Å². The molecule has 1 atom stereocenters. The van der Waals surface area contributed by atoms with Crippen LogP contribution in [0.15, 0.2) is 47.4 Å². The van der Waals surface area contributed by atoms with Gasteiger partial charge in [0.05, 0.1) is 17.5 Å². The van der Waals surface area contributed by atoms with E-state index in [1.54, 1.807) is 19.2 Å². The second-order valence-electron chi connectivity index (χ2n) is 6.21. The highest BCUT2D eigenvalue weighted by Gasteiger charge is 2.29. The van der Waals surface area contributed by atoms with E-state index in [4.69, 9.17) is 21.1 Å². The number of halogens is 1. The average molecular weight is 421 g/mol. The number of carbonyl (C=O) groups is 2. The second-order valence-corrected chi connectivity index (χ2v) is 7.89. The van der Waals surface area contributed by atoms with E-state index in [0.717, 1.165) is 16.2 Å². The van der Waals surface area contributed by atoms with Gasteiger partial charge < -0.3 is 20.1 Å². The van der Waals surface area contributed by atoms with Crippen LogP contribution < -0.4 is 15.4 Å². The Balaban J connectivity index is 1.51. The van der Waals surface area contributed by atoms with E-state index in [2.05, 4.69) is 10.6 Å². The fourth-order valence-electron chi connectivity index (χ4n) is 2.69. The molecular formula is C20H21ClN2O4S. The van der Waals surface area contributed by atoms with Crippen LogP contribution in [0.2, 0.25) is 5.02 Å². The molecule has 0 bridgehead atoms. The molecule has 0 fully saturated rings. The minimum Gasteiger partial charge on any atom is -0.491 e. The van der Waals surface area contributed by atoms with Crippen molar-refractivity contribution in [2.45, 2.75) is 23.1 Å². The van der Waals surface area contributed by atoms with Crippen LogP contribution in [-0.2, 0) is 20.9 Å². The molecule has 2 N–H and O–H groups in total. The van der Waals surface area contributed by atoms with Gasteiger partial charge in [-0.1, -0.05) is 23.7 Å². The van der Waals surface area contributed by atoms with Gasteiger partial charge in [0.1, 0.15) is 12.4 Å². The van der Waals surface area contributed by atoms with Gasteiger partial charge in [0.15, 0.2) is 0 Å². The van der Waals surface area contributed by atoms with Gasteiger partial charge in [-0.15, -0.1) is 11.8 Å². The highest BCUT2D eigenvalue weighted by atomic mass is 35.5. The Bertz CT molecular complexity index is 862. The Labute approximate surface area is 172 Å². The lowest BCUT2D eigenvalue weighted by Gasteiger charge is -2.23. The largest absolute Gasteiger partial charge is 0.491 e. The molecule has 2 aromatic carbocycles. The molecule has 148 valence electrons. The van der Waals surface area contributed by atoms with Crippen LogP contribution in [0.1, 0.15) is 12.0 Å². The summed E-state index contributed by atoms with van der Waals surface area (Å²) in [5.41, 5.74) is 1.61. The van der Waals surface area contributed by atoms with Gasteiger partial charge in [-0.2, -0.15) is 0 Å². The minimum absolute atomic E-state index is 0.0998. The van der Waals surface area contributed by atoms with Crippen molar-refractivity contribution in [1.82, 2.24) is 5.32 Å². The van der Waals surface area contributed by atoms with Crippen LogP contribution in [-0.4, -0.2) is 37.4 Å². The topological polar surface area (TPSA) is 76.7 Å². The number of carbonyl (C=O) groups excluding carboxylic acids is 2. The Morgan fingerprint density at radius 1 is 1.25 bits per heavy atom. The van der Waals surface area contributed by atoms with Gasteiger partial charge >= 0.3 is 0 Å². The lowest BCUT2D eigenvalue weighted by atomic mass is 10.2. The highest BCUT2D eigenvalue weighted by molar-refractivity contribution is 8.01. The third kappa shape index (κ3) is 5.64. The summed E-state index contributed by atoms with van der Waals surface area (Å²) >= 11 is 7.33. The number of anilines is 1. The molecule has 28 heavy (non-hydrogen) atoms. The van der Waals surface area contributed by atoms with E-state index in [-0.39, 0.29) is 18.2 Å². The minimum atomic E-state index is -0.475. The third-order valence-electron chi connectivity index (χ3n) is 4.08. The molecule has 2 aromatic rings. The zero-order chi connectivity index (χ0) is 19.9. The van der Waals surface area contributed by atoms with Crippen LogP contribution in [0.4, 0.5) is 5.69 Å². The van der Waals surface area contributed by atoms with Crippen LogP contribution >= 0.6 is 23.4 Å². The quantitative estimate of drug-likeness (QED) is 0.639. The monoisotopic (exact) mass is 420 g/mol. The smallest absolute Gasteiger partial charge is 0.238 e. The number of hydrogen-bond acceptors (Lipinski definition) is 5. The average Bonchev–Trinajstić information content (AvgIpc) is 2.68. The van der Waals surface area contributed by atoms with E-state index >= 15 is 0 Å². The summed E-state index contributed by atoms with van der Waals surface area (Å²) in [6.45, 7) is 1.34. The lowest BCUT2D eigenvalue weighted by molar-refractivity contribution is -0.124. The van der Waals surface area contributed by atoms with Crippen molar-refractivity contribution in [3.63, 3.8) is 0 Å². The fraction of sp³-hybridized carbons (Fsp3) is 0.300. The Kier molecular flexibility index (Phi) is 7.19. The molecule has 1 unspecified atom stereocenters. The molecule has 0 saturated heterocycles. The van der Waals surface area contributed by atoms with E-state index in [1.807, 2.05) is 30.3 Å². The molecule has 2 amide bonds. The number of ether oxygens (including phenoxy) is 2. The van der Waals surface area contributed by atoms with Crippen LogP contribution in [0.3, 0.4) is 0 Å². The van der Waals surface area contributed by atoms with Crippen molar-refractivity contribution in [2.75, 3.05) is 25.6 Å². The lowest BCUT2D eigenvalue weighted by Crippen LogP contribution is -2.34. The maximum Gasteiger partial charge on any atom is 0.238 e. The molecule has 1 heterocycles. The van der Waals surface area contributed by atoms with E-state index in [0.29, 0.717) is 30.5 Å². The van der Waals surface area contributed by atoms with Gasteiger partial charge in [0.2, 0.25) is 11.8 Å². The molecule has 6 nitrogen and oxygen atoms in total. The SMILES string of the molecule is COCCOc1cccc(CNC(=O)CC2Sc3ccc(Cl)cc3NC2=O)c1. The Morgan fingerprint density at radius 3 is 2.93 bits per heavy atom. The number of benzene rings is 2. The summed E-state index contributed by atoms with van der Waals surface area (Å²) in [6.07, 6.45) is 0.0998. The molecule has 1 aliphatic heterocycles. The predicted molar refractivity (Wildman–Crippen MR) is 110 cm³/mol. The molecule has 1 aliphatic rings. The summed E-state index contributed by atoms with van der Waals surface area (Å²) in [4.78, 5) is 25.5. The van der Waals surface area contributed by atoms with E-state index < -0.39 is 5.25 Å². The molecule has 8 heteroatoms. The van der Waals surface area contributed by atoms with Gasteiger partial charge in [0.25, 0.3) is 0 Å². The predicted octanol–water partition coefficient (Wildman–Crippen LogP) is 3.48. The van der Waals surface area contributed by atoms with Gasteiger partial charge in [-0.25, -0.2) is 0 Å². The second kappa shape index (κ2) is 9.82. The van der Waals surface area contributed by atoms with Crippen molar-refractivity contribution < 1.29 is 19.1 Å². The molecular weight excluding hydrogens is 400 g/mol. The summed E-state index contributed by atoms with van der Waals surface area (Å²) in [5, 5.41) is 5.76. The number of thioether (sulfide) groups is 1. The first-order valence-corrected chi connectivity index (χ1v) is 10.1. The first-order valence-electron chi connectivity index (χ1n) is 8.79. The molecule has 0 aromatic heterocycles. The van der Waals surface area contributed by atoms with Crippen molar-refractivity contribution in [3.8, 4) is 5.75 Å². The number of fused-ring (bicyclic) bond motifs is 1. The van der Waals surface area contributed by atoms with Gasteiger partial charge in [-0.3, -0.25) is 9.59 Å². The molecule has 0 aliphatic carbocycles. The normalized spacial score (nSPS) is 15.5. The summed E-state index contributed by atoms with van der Waals surface area (Å²) in [6, 6.07) is 12.8. The fourth-order valence-corrected chi connectivity index (χ4v) is 3.95. The van der Waals surface area contributed by atoms with E-state index in [9.17, 15) is 9.59 Å². The summed E-state index contributed by atoms with van der Waals surface area (Å²) in [7, 11) is 1.62. The number of hydrogen-bond donors (Lipinski definition) is 2. The summed E-state index contributed by atoms with van der Waals surface area (Å²) < 4.78 is 10.5. The molecule has 0 saturated carbocycles. The van der Waals surface area contributed by atoms with Gasteiger partial charge in [-0.05, 0) is 35.9 Å². The molecule has 3 rings (SSSR count). The highest BCUT2D eigenvalue weighted by Crippen LogP contribution is 2.38. The van der Waals surface area contributed by atoms with Crippen molar-refractivity contribution in [3.05, 3.63) is 53.1 Å². The maximum absolute atomic E-state index is 12.3. The Hall–Kier alpha value is -2.22. The first kappa shape index (κ1) is 20.5. The van der Waals surface area contributed by atoms with Crippen LogP contribution in [0.25, 0.3) is 0 Å². The number of rotatable bonds is 8.